The molecule has 1 rings (SSSR count). The van der Waals surface area contributed by atoms with Crippen LogP contribution in [0.15, 0.2) is 4.47 Å². The number of nitrogens with zero attached hydrogens (tertiary/aromatic N) is 2. The largest absolute Gasteiger partial charge is 0.384 e. The lowest BCUT2D eigenvalue weighted by atomic mass is 10.1. The Morgan fingerprint density at radius 1 is 1.40 bits per heavy atom. The van der Waals surface area contributed by atoms with Crippen LogP contribution in [0.5, 0.6) is 0 Å². The van der Waals surface area contributed by atoms with E-state index < -0.39 is 0 Å². The molecule has 2 N–H and O–H groups in total. The van der Waals surface area contributed by atoms with E-state index in [-0.39, 0.29) is 0 Å². The minimum Gasteiger partial charge on any atom is -0.384 e. The fraction of sp³-hybridized carbons (Fsp3) is 0.600. The van der Waals surface area contributed by atoms with Crippen molar-refractivity contribution >= 4 is 21.7 Å². The van der Waals surface area contributed by atoms with E-state index in [2.05, 4.69) is 39.7 Å². The molecular formula is C10H16BrN3O. The van der Waals surface area contributed by atoms with Crippen molar-refractivity contribution in [2.45, 2.75) is 26.2 Å². The van der Waals surface area contributed by atoms with Crippen molar-refractivity contribution in [3.63, 3.8) is 0 Å². The highest BCUT2D eigenvalue weighted by molar-refractivity contribution is 9.10. The second kappa shape index (κ2) is 5.42. The first-order valence-electron chi connectivity index (χ1n) is 4.87. The third-order valence-electron chi connectivity index (χ3n) is 2.03. The number of methoxy groups -OCH3 is 1. The predicted molar refractivity (Wildman–Crippen MR) is 63.8 cm³/mol. The van der Waals surface area contributed by atoms with Gasteiger partial charge in [-0.25, -0.2) is 9.97 Å². The van der Waals surface area contributed by atoms with Crippen LogP contribution in [0, 0.1) is 0 Å². The van der Waals surface area contributed by atoms with Crippen LogP contribution in [-0.4, -0.2) is 23.7 Å². The van der Waals surface area contributed by atoms with Gasteiger partial charge in [0.15, 0.2) is 0 Å². The van der Waals surface area contributed by atoms with Crippen molar-refractivity contribution < 1.29 is 4.74 Å². The quantitative estimate of drug-likeness (QED) is 0.913. The fourth-order valence-electron chi connectivity index (χ4n) is 1.22. The first-order chi connectivity index (χ1) is 7.06. The number of aromatic nitrogens is 2. The minimum atomic E-state index is 0.325. The van der Waals surface area contributed by atoms with Gasteiger partial charge in [-0.3, -0.25) is 0 Å². The SMILES string of the molecule is COCCc1nc(N)c(Br)c(C(C)C)n1. The number of nitrogen functional groups attached to an aromatic ring is 1. The molecule has 0 fully saturated rings. The molecule has 1 aromatic rings. The molecule has 84 valence electrons. The van der Waals surface area contributed by atoms with Gasteiger partial charge in [0.2, 0.25) is 0 Å². The van der Waals surface area contributed by atoms with Crippen molar-refractivity contribution in [2.75, 3.05) is 19.5 Å². The van der Waals surface area contributed by atoms with E-state index in [0.717, 1.165) is 16.0 Å². The zero-order valence-electron chi connectivity index (χ0n) is 9.25. The Morgan fingerprint density at radius 3 is 2.60 bits per heavy atom. The Balaban J connectivity index is 3.00. The monoisotopic (exact) mass is 273 g/mol. The third kappa shape index (κ3) is 3.14. The van der Waals surface area contributed by atoms with Crippen molar-refractivity contribution in [2.24, 2.45) is 0 Å². The summed E-state index contributed by atoms with van der Waals surface area (Å²) < 4.78 is 5.79. The van der Waals surface area contributed by atoms with Gasteiger partial charge in [-0.05, 0) is 21.8 Å². The van der Waals surface area contributed by atoms with E-state index in [1.807, 2.05) is 0 Å². The Hall–Kier alpha value is -0.680. The van der Waals surface area contributed by atoms with E-state index in [1.54, 1.807) is 7.11 Å². The zero-order valence-corrected chi connectivity index (χ0v) is 10.8. The molecule has 0 spiro atoms. The van der Waals surface area contributed by atoms with Crippen LogP contribution in [-0.2, 0) is 11.2 Å². The summed E-state index contributed by atoms with van der Waals surface area (Å²) in [5.74, 6) is 1.56. The molecule has 15 heavy (non-hydrogen) atoms. The van der Waals surface area contributed by atoms with Crippen LogP contribution in [0.1, 0.15) is 31.3 Å². The predicted octanol–water partition coefficient (Wildman–Crippen LogP) is 2.13. The van der Waals surface area contributed by atoms with Gasteiger partial charge in [0.05, 0.1) is 16.8 Å². The smallest absolute Gasteiger partial charge is 0.141 e. The molecule has 0 aliphatic carbocycles. The molecule has 1 heterocycles. The van der Waals surface area contributed by atoms with Gasteiger partial charge >= 0.3 is 0 Å². The average Bonchev–Trinajstić information content (AvgIpc) is 2.19. The Kier molecular flexibility index (Phi) is 4.47. The summed E-state index contributed by atoms with van der Waals surface area (Å²) in [6.45, 7) is 4.76. The van der Waals surface area contributed by atoms with Crippen LogP contribution < -0.4 is 5.73 Å². The van der Waals surface area contributed by atoms with Crippen LogP contribution in [0.25, 0.3) is 0 Å². The van der Waals surface area contributed by atoms with Gasteiger partial charge in [-0.15, -0.1) is 0 Å². The number of nitrogens with two attached hydrogens (primary N) is 1. The van der Waals surface area contributed by atoms with Crippen molar-refractivity contribution in [1.82, 2.24) is 9.97 Å². The highest BCUT2D eigenvalue weighted by Crippen LogP contribution is 2.26. The van der Waals surface area contributed by atoms with Gasteiger partial charge in [0, 0.05) is 13.5 Å². The lowest BCUT2D eigenvalue weighted by molar-refractivity contribution is 0.200. The van der Waals surface area contributed by atoms with Crippen LogP contribution >= 0.6 is 15.9 Å². The summed E-state index contributed by atoms with van der Waals surface area (Å²) in [7, 11) is 1.66. The standard InChI is InChI=1S/C10H16BrN3O/c1-6(2)9-8(11)10(12)14-7(13-9)4-5-15-3/h6H,4-5H2,1-3H3,(H2,12,13,14). The third-order valence-corrected chi connectivity index (χ3v) is 2.84. The average molecular weight is 274 g/mol. The Labute approximate surface area is 98.4 Å². The maximum absolute atomic E-state index is 5.79. The maximum Gasteiger partial charge on any atom is 0.141 e. The van der Waals surface area contributed by atoms with E-state index in [4.69, 9.17) is 10.5 Å². The normalized spacial score (nSPS) is 11.0. The Morgan fingerprint density at radius 2 is 2.07 bits per heavy atom. The number of hydrogen-bond acceptors (Lipinski definition) is 4. The summed E-state index contributed by atoms with van der Waals surface area (Å²) in [5, 5.41) is 0. The molecule has 4 nitrogen and oxygen atoms in total. The van der Waals surface area contributed by atoms with Gasteiger partial charge in [0.1, 0.15) is 11.6 Å². The van der Waals surface area contributed by atoms with E-state index in [0.29, 0.717) is 24.8 Å². The lowest BCUT2D eigenvalue weighted by Crippen LogP contribution is -2.08. The second-order valence-electron chi connectivity index (χ2n) is 3.62. The van der Waals surface area contributed by atoms with Gasteiger partial charge in [-0.1, -0.05) is 13.8 Å². The molecular weight excluding hydrogens is 258 g/mol. The fourth-order valence-corrected chi connectivity index (χ4v) is 1.86. The minimum absolute atomic E-state index is 0.325. The highest BCUT2D eigenvalue weighted by atomic mass is 79.9. The van der Waals surface area contributed by atoms with Crippen LogP contribution in [0.2, 0.25) is 0 Å². The first kappa shape index (κ1) is 12.4. The number of halogens is 1. The first-order valence-corrected chi connectivity index (χ1v) is 5.66. The molecule has 0 atom stereocenters. The molecule has 0 aliphatic heterocycles. The number of ether oxygens (including phenoxy) is 1. The van der Waals surface area contributed by atoms with Crippen molar-refractivity contribution in [1.29, 1.82) is 0 Å². The summed E-state index contributed by atoms with van der Waals surface area (Å²) >= 11 is 3.40. The molecule has 1 aromatic heterocycles. The zero-order chi connectivity index (χ0) is 11.4. The molecule has 0 amide bonds. The summed E-state index contributed by atoms with van der Waals surface area (Å²) in [6.07, 6.45) is 0.688. The van der Waals surface area contributed by atoms with Gasteiger partial charge in [-0.2, -0.15) is 0 Å². The maximum atomic E-state index is 5.79. The van der Waals surface area contributed by atoms with Gasteiger partial charge < -0.3 is 10.5 Å². The summed E-state index contributed by atoms with van der Waals surface area (Å²) in [6, 6.07) is 0. The highest BCUT2D eigenvalue weighted by Gasteiger charge is 2.12. The molecule has 5 heteroatoms. The van der Waals surface area contributed by atoms with Crippen LogP contribution in [0.4, 0.5) is 5.82 Å². The number of rotatable bonds is 4. The summed E-state index contributed by atoms with van der Waals surface area (Å²) in [5.41, 5.74) is 6.74. The summed E-state index contributed by atoms with van der Waals surface area (Å²) in [4.78, 5) is 8.65. The Bertz CT molecular complexity index is 342. The number of anilines is 1. The molecule has 0 saturated heterocycles. The molecule has 0 aromatic carbocycles. The second-order valence-corrected chi connectivity index (χ2v) is 4.41. The number of hydrogen-bond donors (Lipinski definition) is 1. The molecule has 0 unspecified atom stereocenters. The molecule has 0 bridgehead atoms. The molecule has 0 radical (unpaired) electrons. The molecule has 0 aliphatic rings. The van der Waals surface area contributed by atoms with E-state index in [1.165, 1.54) is 0 Å². The lowest BCUT2D eigenvalue weighted by Gasteiger charge is -2.11. The van der Waals surface area contributed by atoms with E-state index >= 15 is 0 Å². The van der Waals surface area contributed by atoms with Crippen molar-refractivity contribution in [3.8, 4) is 0 Å². The van der Waals surface area contributed by atoms with Crippen LogP contribution in [0.3, 0.4) is 0 Å². The molecule has 0 saturated carbocycles. The van der Waals surface area contributed by atoms with Gasteiger partial charge in [0.25, 0.3) is 0 Å². The topological polar surface area (TPSA) is 61.0 Å². The van der Waals surface area contributed by atoms with E-state index in [9.17, 15) is 0 Å². The van der Waals surface area contributed by atoms with Crippen molar-refractivity contribution in [3.05, 3.63) is 16.0 Å².